The molecule has 2 N–H and O–H groups in total. The molecule has 0 aliphatic rings. The van der Waals surface area contributed by atoms with E-state index >= 15 is 0 Å². The van der Waals surface area contributed by atoms with Gasteiger partial charge in [-0.25, -0.2) is 4.79 Å². The van der Waals surface area contributed by atoms with Crippen molar-refractivity contribution in [3.8, 4) is 5.75 Å². The molecule has 2 aromatic carbocycles. The summed E-state index contributed by atoms with van der Waals surface area (Å²) in [5, 5.41) is 11.8. The van der Waals surface area contributed by atoms with E-state index in [0.717, 1.165) is 5.56 Å². The molecule has 2 aromatic rings. The van der Waals surface area contributed by atoms with Crippen molar-refractivity contribution in [3.63, 3.8) is 0 Å². The summed E-state index contributed by atoms with van der Waals surface area (Å²) in [7, 11) is 1.45. The number of hydrogen-bond donors (Lipinski definition) is 2. The van der Waals surface area contributed by atoms with Crippen LogP contribution >= 0.6 is 0 Å². The Hall–Kier alpha value is -2.86. The van der Waals surface area contributed by atoms with Crippen molar-refractivity contribution in [1.29, 1.82) is 0 Å². The topological polar surface area (TPSA) is 84.9 Å². The highest BCUT2D eigenvalue weighted by Crippen LogP contribution is 2.17. The van der Waals surface area contributed by atoms with Gasteiger partial charge in [-0.2, -0.15) is 0 Å². The van der Waals surface area contributed by atoms with Crippen LogP contribution in [0.15, 0.2) is 54.6 Å². The number of hydrogen-bond acceptors (Lipinski definition) is 5. The van der Waals surface area contributed by atoms with Crippen LogP contribution in [0.2, 0.25) is 0 Å². The minimum atomic E-state index is -1.15. The van der Waals surface area contributed by atoms with Crippen molar-refractivity contribution >= 4 is 11.9 Å². The molecule has 126 valence electrons. The van der Waals surface area contributed by atoms with Gasteiger partial charge in [0.1, 0.15) is 12.4 Å². The number of benzene rings is 2. The van der Waals surface area contributed by atoms with Gasteiger partial charge in [-0.05, 0) is 17.7 Å². The van der Waals surface area contributed by atoms with Crippen molar-refractivity contribution in [2.75, 3.05) is 13.7 Å². The average molecular weight is 329 g/mol. The van der Waals surface area contributed by atoms with Crippen molar-refractivity contribution in [2.45, 2.75) is 12.6 Å². The van der Waals surface area contributed by atoms with E-state index in [1.54, 1.807) is 24.3 Å². The summed E-state index contributed by atoms with van der Waals surface area (Å²) in [6.45, 7) is -0.491. The molecule has 0 spiro atoms. The van der Waals surface area contributed by atoms with E-state index in [1.807, 2.05) is 30.3 Å². The molecule has 0 bridgehead atoms. The average Bonchev–Trinajstić information content (AvgIpc) is 2.64. The first kappa shape index (κ1) is 17.5. The van der Waals surface area contributed by atoms with Crippen molar-refractivity contribution in [1.82, 2.24) is 5.32 Å². The second-order valence-electron chi connectivity index (χ2n) is 5.00. The number of rotatable bonds is 7. The van der Waals surface area contributed by atoms with Crippen LogP contribution < -0.4 is 10.1 Å². The maximum absolute atomic E-state index is 12.3. The summed E-state index contributed by atoms with van der Waals surface area (Å²) in [6, 6.07) is 14.6. The predicted molar refractivity (Wildman–Crippen MR) is 87.6 cm³/mol. The third kappa shape index (κ3) is 4.57. The zero-order chi connectivity index (χ0) is 17.4. The highest BCUT2D eigenvalue weighted by atomic mass is 16.5. The monoisotopic (exact) mass is 329 g/mol. The van der Waals surface area contributed by atoms with Gasteiger partial charge >= 0.3 is 5.97 Å². The molecule has 6 heteroatoms. The number of ether oxygens (including phenoxy) is 2. The van der Waals surface area contributed by atoms with Crippen molar-refractivity contribution in [3.05, 3.63) is 65.7 Å². The molecule has 24 heavy (non-hydrogen) atoms. The number of esters is 1. The zero-order valence-electron chi connectivity index (χ0n) is 13.3. The summed E-state index contributed by atoms with van der Waals surface area (Å²) >= 11 is 0. The first-order chi connectivity index (χ1) is 11.7. The van der Waals surface area contributed by atoms with E-state index in [0.29, 0.717) is 5.75 Å². The van der Waals surface area contributed by atoms with Gasteiger partial charge in [0.25, 0.3) is 5.91 Å². The Kier molecular flexibility index (Phi) is 6.33. The highest BCUT2D eigenvalue weighted by molar-refractivity contribution is 5.99. The van der Waals surface area contributed by atoms with E-state index < -0.39 is 24.5 Å². The quantitative estimate of drug-likeness (QED) is 0.753. The number of methoxy groups -OCH3 is 1. The summed E-state index contributed by atoms with van der Waals surface area (Å²) < 4.78 is 10.2. The molecular formula is C18H19NO5. The van der Waals surface area contributed by atoms with Gasteiger partial charge in [0.15, 0.2) is 6.04 Å². The van der Waals surface area contributed by atoms with Gasteiger partial charge in [-0.15, -0.1) is 0 Å². The predicted octanol–water partition coefficient (Wildman–Crippen LogP) is 1.53. The fourth-order valence-corrected chi connectivity index (χ4v) is 2.08. The lowest BCUT2D eigenvalue weighted by Gasteiger charge is -2.16. The third-order valence-electron chi connectivity index (χ3n) is 3.35. The van der Waals surface area contributed by atoms with Gasteiger partial charge in [-0.3, -0.25) is 4.79 Å². The van der Waals surface area contributed by atoms with Crippen LogP contribution in [0.4, 0.5) is 0 Å². The molecule has 2 rings (SSSR count). The fourth-order valence-electron chi connectivity index (χ4n) is 2.08. The lowest BCUT2D eigenvalue weighted by Crippen LogP contribution is -2.44. The first-order valence-electron chi connectivity index (χ1n) is 7.41. The Bertz CT molecular complexity index is 687. The molecule has 0 aromatic heterocycles. The minimum absolute atomic E-state index is 0.0701. The van der Waals surface area contributed by atoms with E-state index in [-0.39, 0.29) is 12.2 Å². The molecule has 0 fully saturated rings. The largest absolute Gasteiger partial charge is 0.496 e. The molecule has 6 nitrogen and oxygen atoms in total. The van der Waals surface area contributed by atoms with Crippen LogP contribution in [-0.2, 0) is 16.1 Å². The lowest BCUT2D eigenvalue weighted by atomic mass is 10.1. The van der Waals surface area contributed by atoms with E-state index in [1.165, 1.54) is 7.11 Å². The number of amides is 1. The van der Waals surface area contributed by atoms with Crippen LogP contribution in [0.1, 0.15) is 15.9 Å². The van der Waals surface area contributed by atoms with E-state index in [9.17, 15) is 14.7 Å². The van der Waals surface area contributed by atoms with Gasteiger partial charge in [0, 0.05) is 0 Å². The second kappa shape index (κ2) is 8.69. The Morgan fingerprint density at radius 1 is 1.08 bits per heavy atom. The van der Waals surface area contributed by atoms with Crippen LogP contribution in [0.3, 0.4) is 0 Å². The molecule has 0 unspecified atom stereocenters. The molecule has 0 radical (unpaired) electrons. The molecule has 1 amide bonds. The second-order valence-corrected chi connectivity index (χ2v) is 5.00. The molecule has 1 atom stereocenters. The normalized spacial score (nSPS) is 11.4. The van der Waals surface area contributed by atoms with Crippen LogP contribution in [0.25, 0.3) is 0 Å². The van der Waals surface area contributed by atoms with Gasteiger partial charge in [0.2, 0.25) is 0 Å². The summed E-state index contributed by atoms with van der Waals surface area (Å²) in [6.07, 6.45) is 0. The first-order valence-corrected chi connectivity index (χ1v) is 7.41. The van der Waals surface area contributed by atoms with Gasteiger partial charge in [-0.1, -0.05) is 42.5 Å². The zero-order valence-corrected chi connectivity index (χ0v) is 13.3. The number of carbonyl (C=O) groups is 2. The van der Waals surface area contributed by atoms with E-state index in [2.05, 4.69) is 5.32 Å². The molecule has 0 aliphatic heterocycles. The SMILES string of the molecule is COc1ccccc1C(=O)N[C@@H](CO)C(=O)OCc1ccccc1. The standard InChI is InChI=1S/C18H19NO5/c1-23-16-10-6-5-9-14(16)17(21)19-15(11-20)18(22)24-12-13-7-3-2-4-8-13/h2-10,15,20H,11-12H2,1H3,(H,19,21)/t15-/m0/s1. The summed E-state index contributed by atoms with van der Waals surface area (Å²) in [5.41, 5.74) is 1.09. The molecule has 0 heterocycles. The van der Waals surface area contributed by atoms with Gasteiger partial charge < -0.3 is 19.9 Å². The van der Waals surface area contributed by atoms with Crippen LogP contribution in [0.5, 0.6) is 5.75 Å². The Labute approximate surface area is 140 Å². The van der Waals surface area contributed by atoms with Crippen molar-refractivity contribution < 1.29 is 24.2 Å². The number of carbonyl (C=O) groups excluding carboxylic acids is 2. The summed E-state index contributed by atoms with van der Waals surface area (Å²) in [5.74, 6) is -0.850. The Balaban J connectivity index is 1.97. The fraction of sp³-hybridized carbons (Fsp3) is 0.222. The van der Waals surface area contributed by atoms with E-state index in [4.69, 9.17) is 9.47 Å². The van der Waals surface area contributed by atoms with Crippen LogP contribution in [0, 0.1) is 0 Å². The maximum Gasteiger partial charge on any atom is 0.331 e. The Morgan fingerprint density at radius 3 is 2.42 bits per heavy atom. The Morgan fingerprint density at radius 2 is 1.75 bits per heavy atom. The number of aliphatic hydroxyl groups is 1. The molecule has 0 saturated heterocycles. The van der Waals surface area contributed by atoms with Crippen LogP contribution in [-0.4, -0.2) is 36.7 Å². The molecule has 0 aliphatic carbocycles. The van der Waals surface area contributed by atoms with Gasteiger partial charge in [0.05, 0.1) is 19.3 Å². The highest BCUT2D eigenvalue weighted by Gasteiger charge is 2.23. The number of nitrogens with one attached hydrogen (secondary N) is 1. The minimum Gasteiger partial charge on any atom is -0.496 e. The third-order valence-corrected chi connectivity index (χ3v) is 3.35. The lowest BCUT2D eigenvalue weighted by molar-refractivity contribution is -0.148. The van der Waals surface area contributed by atoms with Crippen molar-refractivity contribution in [2.24, 2.45) is 0 Å². The molecule has 0 saturated carbocycles. The molecular weight excluding hydrogens is 310 g/mol. The maximum atomic E-state index is 12.3. The summed E-state index contributed by atoms with van der Waals surface area (Å²) in [4.78, 5) is 24.3. The number of para-hydroxylation sites is 1. The number of aliphatic hydroxyl groups excluding tert-OH is 1. The smallest absolute Gasteiger partial charge is 0.331 e.